The third-order valence-electron chi connectivity index (χ3n) is 1.50. The zero-order chi connectivity index (χ0) is 19.0. The molecule has 0 spiro atoms. The predicted molar refractivity (Wildman–Crippen MR) is 82.1 cm³/mol. The van der Waals surface area contributed by atoms with Gasteiger partial charge in [-0.3, -0.25) is 14.4 Å². The number of rotatable bonds is 2. The molecule has 1 rings (SSSR count). The highest BCUT2D eigenvalue weighted by Gasteiger charge is 2.02. The van der Waals surface area contributed by atoms with Crippen LogP contribution in [0.1, 0.15) is 32.4 Å². The van der Waals surface area contributed by atoms with Gasteiger partial charge in [0.2, 0.25) is 0 Å². The summed E-state index contributed by atoms with van der Waals surface area (Å²) in [5.74, 6) is -2.31. The summed E-state index contributed by atoms with van der Waals surface area (Å²) in [6, 6.07) is 6.34. The van der Waals surface area contributed by atoms with E-state index in [1.807, 2.05) is 0 Å². The molecule has 0 heterocycles. The van der Waals surface area contributed by atoms with Gasteiger partial charge in [-0.2, -0.15) is 0 Å². The highest BCUT2D eigenvalue weighted by molar-refractivity contribution is 5.63. The SMILES string of the molecule is CC(=O)O.CC(=O)O.CC(=O)O.NCC(O)c1ccc(O)cc1. The normalized spacial score (nSPS) is 9.43. The zero-order valence-electron chi connectivity index (χ0n) is 13.1. The second kappa shape index (κ2) is 15.7. The van der Waals surface area contributed by atoms with Crippen LogP contribution in [0.4, 0.5) is 0 Å². The Hall–Kier alpha value is -2.65. The summed E-state index contributed by atoms with van der Waals surface area (Å²) in [7, 11) is 0. The van der Waals surface area contributed by atoms with E-state index in [1.165, 1.54) is 12.1 Å². The van der Waals surface area contributed by atoms with Gasteiger partial charge < -0.3 is 31.3 Å². The van der Waals surface area contributed by atoms with E-state index in [1.54, 1.807) is 12.1 Å². The third kappa shape index (κ3) is 32.7. The lowest BCUT2D eigenvalue weighted by Crippen LogP contribution is -2.10. The van der Waals surface area contributed by atoms with Gasteiger partial charge in [-0.05, 0) is 17.7 Å². The molecule has 0 radical (unpaired) electrons. The Balaban J connectivity index is -0.000000278. The van der Waals surface area contributed by atoms with Crippen molar-refractivity contribution < 1.29 is 39.9 Å². The van der Waals surface area contributed by atoms with Crippen LogP contribution in [0.3, 0.4) is 0 Å². The van der Waals surface area contributed by atoms with Gasteiger partial charge >= 0.3 is 0 Å². The van der Waals surface area contributed by atoms with Crippen molar-refractivity contribution in [3.05, 3.63) is 29.8 Å². The number of phenols is 1. The van der Waals surface area contributed by atoms with Crippen LogP contribution in [0.25, 0.3) is 0 Å². The number of nitrogens with two attached hydrogens (primary N) is 1. The van der Waals surface area contributed by atoms with E-state index in [4.69, 9.17) is 40.5 Å². The molecule has 1 aromatic rings. The fraction of sp³-hybridized carbons (Fsp3) is 0.357. The second-order valence-electron chi connectivity index (χ2n) is 3.90. The molecule has 1 aromatic carbocycles. The fourth-order valence-electron chi connectivity index (χ4n) is 0.833. The van der Waals surface area contributed by atoms with E-state index < -0.39 is 24.0 Å². The zero-order valence-corrected chi connectivity index (χ0v) is 13.1. The number of phenolic OH excluding ortho intramolecular Hbond substituents is 1. The van der Waals surface area contributed by atoms with Gasteiger partial charge in [0.1, 0.15) is 5.75 Å². The predicted octanol–water partition coefficient (Wildman–Crippen LogP) is 0.657. The molecule has 0 saturated carbocycles. The molecule has 0 aliphatic rings. The first-order valence-electron chi connectivity index (χ1n) is 6.19. The van der Waals surface area contributed by atoms with Crippen LogP contribution in [-0.2, 0) is 14.4 Å². The van der Waals surface area contributed by atoms with Crippen molar-refractivity contribution in [2.75, 3.05) is 6.54 Å². The van der Waals surface area contributed by atoms with Crippen molar-refractivity contribution >= 4 is 17.9 Å². The maximum Gasteiger partial charge on any atom is 0.300 e. The average molecular weight is 333 g/mol. The van der Waals surface area contributed by atoms with Gasteiger partial charge in [0.15, 0.2) is 0 Å². The average Bonchev–Trinajstić information content (AvgIpc) is 2.36. The highest BCUT2D eigenvalue weighted by Crippen LogP contribution is 2.15. The van der Waals surface area contributed by atoms with Crippen LogP contribution in [-0.4, -0.2) is 50.0 Å². The number of aromatic hydroxyl groups is 1. The first-order chi connectivity index (χ1) is 10.4. The van der Waals surface area contributed by atoms with Crippen molar-refractivity contribution in [1.29, 1.82) is 0 Å². The van der Waals surface area contributed by atoms with Gasteiger partial charge in [-0.15, -0.1) is 0 Å². The van der Waals surface area contributed by atoms with E-state index in [9.17, 15) is 5.11 Å². The molecule has 0 fully saturated rings. The minimum Gasteiger partial charge on any atom is -0.508 e. The number of carbonyl (C=O) groups is 3. The first-order valence-corrected chi connectivity index (χ1v) is 6.19. The lowest BCUT2D eigenvalue weighted by Gasteiger charge is -2.06. The van der Waals surface area contributed by atoms with Crippen molar-refractivity contribution in [2.45, 2.75) is 26.9 Å². The maximum atomic E-state index is 9.21. The maximum absolute atomic E-state index is 9.21. The molecule has 9 nitrogen and oxygen atoms in total. The van der Waals surface area contributed by atoms with E-state index in [0.717, 1.165) is 26.3 Å². The number of aliphatic carboxylic acids is 3. The number of aliphatic hydroxyl groups is 1. The Bertz CT molecular complexity index is 418. The topological polar surface area (TPSA) is 178 Å². The van der Waals surface area contributed by atoms with E-state index >= 15 is 0 Å². The summed E-state index contributed by atoms with van der Waals surface area (Å²) in [6.07, 6.45) is -0.629. The quantitative estimate of drug-likeness (QED) is 0.453. The number of carboxylic acids is 3. The summed E-state index contributed by atoms with van der Waals surface area (Å²) in [6.45, 7) is 3.45. The monoisotopic (exact) mass is 333 g/mol. The molecule has 0 amide bonds. The molecule has 0 saturated heterocycles. The van der Waals surface area contributed by atoms with Crippen molar-refractivity contribution in [1.82, 2.24) is 0 Å². The number of aliphatic hydroxyl groups excluding tert-OH is 1. The smallest absolute Gasteiger partial charge is 0.300 e. The Kier molecular flexibility index (Phi) is 17.3. The molecule has 1 unspecified atom stereocenters. The second-order valence-corrected chi connectivity index (χ2v) is 3.90. The first kappa shape index (κ1) is 25.3. The molecule has 0 aliphatic heterocycles. The summed E-state index contributed by atoms with van der Waals surface area (Å²) < 4.78 is 0. The number of benzene rings is 1. The van der Waals surface area contributed by atoms with E-state index in [2.05, 4.69) is 0 Å². The fourth-order valence-corrected chi connectivity index (χ4v) is 0.833. The molecular formula is C14H23NO8. The van der Waals surface area contributed by atoms with Crippen molar-refractivity contribution in [3.8, 4) is 5.75 Å². The number of hydrogen-bond donors (Lipinski definition) is 6. The molecule has 0 aromatic heterocycles. The van der Waals surface area contributed by atoms with Crippen molar-refractivity contribution in [2.24, 2.45) is 5.73 Å². The van der Waals surface area contributed by atoms with Crippen molar-refractivity contribution in [3.63, 3.8) is 0 Å². The lowest BCUT2D eigenvalue weighted by molar-refractivity contribution is -0.135. The molecular weight excluding hydrogens is 310 g/mol. The summed E-state index contributed by atoms with van der Waals surface area (Å²) >= 11 is 0. The largest absolute Gasteiger partial charge is 0.508 e. The Morgan fingerprint density at radius 1 is 0.913 bits per heavy atom. The van der Waals surface area contributed by atoms with Gasteiger partial charge in [0.25, 0.3) is 17.9 Å². The minimum absolute atomic E-state index is 0.193. The Labute approximate surface area is 133 Å². The van der Waals surface area contributed by atoms with Crippen LogP contribution in [0, 0.1) is 0 Å². The Morgan fingerprint density at radius 3 is 1.39 bits per heavy atom. The van der Waals surface area contributed by atoms with E-state index in [0.29, 0.717) is 0 Å². The molecule has 132 valence electrons. The molecule has 0 bridgehead atoms. The van der Waals surface area contributed by atoms with Crippen LogP contribution in [0.5, 0.6) is 5.75 Å². The molecule has 0 aliphatic carbocycles. The van der Waals surface area contributed by atoms with Gasteiger partial charge in [-0.1, -0.05) is 12.1 Å². The van der Waals surface area contributed by atoms with Gasteiger partial charge in [0.05, 0.1) is 6.10 Å². The van der Waals surface area contributed by atoms with Crippen LogP contribution >= 0.6 is 0 Å². The standard InChI is InChI=1S/C8H11NO2.3C2H4O2/c9-5-8(11)6-1-3-7(10)4-2-6;3*1-2(3)4/h1-4,8,10-11H,5,9H2;3*1H3,(H,3,4). The third-order valence-corrected chi connectivity index (χ3v) is 1.50. The number of carboxylic acid groups (broad SMARTS) is 3. The van der Waals surface area contributed by atoms with Crippen LogP contribution < -0.4 is 5.73 Å². The Morgan fingerprint density at radius 2 is 1.17 bits per heavy atom. The lowest BCUT2D eigenvalue weighted by atomic mass is 10.1. The van der Waals surface area contributed by atoms with Crippen LogP contribution in [0.15, 0.2) is 24.3 Å². The summed E-state index contributed by atoms with van der Waals surface area (Å²) in [5.41, 5.74) is 5.96. The van der Waals surface area contributed by atoms with Gasteiger partial charge in [0, 0.05) is 27.3 Å². The van der Waals surface area contributed by atoms with Gasteiger partial charge in [-0.25, -0.2) is 0 Å². The molecule has 7 N–H and O–H groups in total. The summed E-state index contributed by atoms with van der Waals surface area (Å²) in [4.78, 5) is 27.0. The van der Waals surface area contributed by atoms with E-state index in [-0.39, 0.29) is 12.3 Å². The summed E-state index contributed by atoms with van der Waals surface area (Å²) in [5, 5.41) is 40.4. The molecule has 1 atom stereocenters. The molecule has 9 heteroatoms. The highest BCUT2D eigenvalue weighted by atomic mass is 16.4. The minimum atomic E-state index is -0.833. The van der Waals surface area contributed by atoms with Crippen LogP contribution in [0.2, 0.25) is 0 Å². The number of hydrogen-bond acceptors (Lipinski definition) is 6. The molecule has 23 heavy (non-hydrogen) atoms.